The van der Waals surface area contributed by atoms with E-state index in [9.17, 15) is 0 Å². The van der Waals surface area contributed by atoms with Gasteiger partial charge in [-0.2, -0.15) is 0 Å². The van der Waals surface area contributed by atoms with Crippen molar-refractivity contribution in [1.82, 2.24) is 4.98 Å². The molecule has 0 aliphatic carbocycles. The summed E-state index contributed by atoms with van der Waals surface area (Å²) in [6.45, 7) is 1.85. The van der Waals surface area contributed by atoms with Crippen LogP contribution in [0.15, 0.2) is 12.3 Å². The second-order valence-electron chi connectivity index (χ2n) is 4.63. The predicted molar refractivity (Wildman–Crippen MR) is 68.9 cm³/mol. The number of anilines is 1. The third-order valence-corrected chi connectivity index (χ3v) is 4.06. The van der Waals surface area contributed by atoms with Crippen LogP contribution in [0.4, 0.5) is 5.82 Å². The van der Waals surface area contributed by atoms with E-state index in [1.807, 2.05) is 6.07 Å². The van der Waals surface area contributed by atoms with Crippen LogP contribution in [-0.4, -0.2) is 30.3 Å². The Morgan fingerprint density at radius 1 is 1.35 bits per heavy atom. The normalized spacial score (nSPS) is 27.5. The van der Waals surface area contributed by atoms with E-state index in [1.165, 1.54) is 0 Å². The number of morpholine rings is 1. The lowest BCUT2D eigenvalue weighted by molar-refractivity contribution is 0.0302. The second kappa shape index (κ2) is 4.63. The number of hydrogen-bond acceptors (Lipinski definition) is 3. The van der Waals surface area contributed by atoms with Crippen molar-refractivity contribution >= 4 is 29.0 Å². The monoisotopic (exact) mass is 272 g/mol. The highest BCUT2D eigenvalue weighted by Crippen LogP contribution is 2.30. The van der Waals surface area contributed by atoms with Gasteiger partial charge < -0.3 is 9.64 Å². The molecule has 2 aliphatic rings. The standard InChI is InChI=1S/C12H14Cl2N2O/c13-4-8-3-12(15-5-11(8)14)16-6-9-1-2-10(7-16)17-9/h3,5,9-10H,1-2,4,6-7H2. The van der Waals surface area contributed by atoms with Gasteiger partial charge in [-0.3, -0.25) is 0 Å². The van der Waals surface area contributed by atoms with Gasteiger partial charge in [0.2, 0.25) is 0 Å². The Morgan fingerprint density at radius 2 is 2.06 bits per heavy atom. The quantitative estimate of drug-likeness (QED) is 0.775. The number of ether oxygens (including phenoxy) is 1. The molecule has 3 rings (SSSR count). The molecule has 5 heteroatoms. The molecule has 2 aliphatic heterocycles. The summed E-state index contributed by atoms with van der Waals surface area (Å²) < 4.78 is 5.81. The first-order chi connectivity index (χ1) is 8.26. The van der Waals surface area contributed by atoms with Crippen LogP contribution >= 0.6 is 23.2 Å². The lowest BCUT2D eigenvalue weighted by Crippen LogP contribution is -2.43. The van der Waals surface area contributed by atoms with Crippen LogP contribution < -0.4 is 4.90 Å². The molecule has 17 heavy (non-hydrogen) atoms. The van der Waals surface area contributed by atoms with Gasteiger partial charge in [-0.05, 0) is 24.5 Å². The van der Waals surface area contributed by atoms with Gasteiger partial charge in [0.1, 0.15) is 5.82 Å². The van der Waals surface area contributed by atoms with Gasteiger partial charge >= 0.3 is 0 Å². The summed E-state index contributed by atoms with van der Waals surface area (Å²) in [6, 6.07) is 1.99. The summed E-state index contributed by atoms with van der Waals surface area (Å²) in [6.07, 6.45) is 4.75. The van der Waals surface area contributed by atoms with Crippen molar-refractivity contribution in [2.75, 3.05) is 18.0 Å². The van der Waals surface area contributed by atoms with Gasteiger partial charge in [0.25, 0.3) is 0 Å². The molecule has 0 amide bonds. The van der Waals surface area contributed by atoms with Crippen molar-refractivity contribution in [3.05, 3.63) is 22.8 Å². The number of hydrogen-bond donors (Lipinski definition) is 0. The molecule has 0 radical (unpaired) electrons. The fourth-order valence-electron chi connectivity index (χ4n) is 2.54. The molecule has 2 unspecified atom stereocenters. The molecule has 0 spiro atoms. The van der Waals surface area contributed by atoms with Gasteiger partial charge in [-0.15, -0.1) is 11.6 Å². The van der Waals surface area contributed by atoms with Crippen molar-refractivity contribution in [3.63, 3.8) is 0 Å². The number of nitrogens with zero attached hydrogens (tertiary/aromatic N) is 2. The lowest BCUT2D eigenvalue weighted by Gasteiger charge is -2.33. The van der Waals surface area contributed by atoms with E-state index < -0.39 is 0 Å². The SMILES string of the molecule is ClCc1cc(N2CC3CCC(C2)O3)ncc1Cl. The predicted octanol–water partition coefficient (Wildman–Crippen LogP) is 2.84. The fraction of sp³-hybridized carbons (Fsp3) is 0.583. The van der Waals surface area contributed by atoms with Crippen LogP contribution in [0.3, 0.4) is 0 Å². The minimum absolute atomic E-state index is 0.366. The Kier molecular flexibility index (Phi) is 3.16. The molecule has 1 aromatic heterocycles. The van der Waals surface area contributed by atoms with E-state index in [2.05, 4.69) is 9.88 Å². The van der Waals surface area contributed by atoms with Gasteiger partial charge in [0, 0.05) is 25.2 Å². The maximum absolute atomic E-state index is 6.01. The van der Waals surface area contributed by atoms with Crippen LogP contribution in [0.2, 0.25) is 5.02 Å². The summed E-state index contributed by atoms with van der Waals surface area (Å²) in [7, 11) is 0. The topological polar surface area (TPSA) is 25.4 Å². The Balaban J connectivity index is 1.84. The molecule has 2 atom stereocenters. The maximum Gasteiger partial charge on any atom is 0.129 e. The minimum Gasteiger partial charge on any atom is -0.371 e. The van der Waals surface area contributed by atoms with E-state index in [1.54, 1.807) is 6.20 Å². The average molecular weight is 273 g/mol. The highest BCUT2D eigenvalue weighted by Gasteiger charge is 2.34. The number of rotatable bonds is 2. The Hall–Kier alpha value is -0.510. The zero-order valence-electron chi connectivity index (χ0n) is 9.40. The molecular weight excluding hydrogens is 259 g/mol. The molecule has 92 valence electrons. The zero-order chi connectivity index (χ0) is 11.8. The molecule has 2 saturated heterocycles. The number of fused-ring (bicyclic) bond motifs is 2. The van der Waals surface area contributed by atoms with Crippen LogP contribution in [-0.2, 0) is 10.6 Å². The molecule has 2 bridgehead atoms. The minimum atomic E-state index is 0.366. The summed E-state index contributed by atoms with van der Waals surface area (Å²) in [5.41, 5.74) is 0.942. The number of alkyl halides is 1. The highest BCUT2D eigenvalue weighted by molar-refractivity contribution is 6.32. The maximum atomic E-state index is 6.01. The second-order valence-corrected chi connectivity index (χ2v) is 5.30. The highest BCUT2D eigenvalue weighted by atomic mass is 35.5. The largest absolute Gasteiger partial charge is 0.371 e. The zero-order valence-corrected chi connectivity index (χ0v) is 10.9. The first-order valence-electron chi connectivity index (χ1n) is 5.87. The summed E-state index contributed by atoms with van der Waals surface area (Å²) in [4.78, 5) is 6.66. The Labute approximate surface area is 111 Å². The Morgan fingerprint density at radius 3 is 2.71 bits per heavy atom. The van der Waals surface area contributed by atoms with Crippen molar-refractivity contribution in [2.24, 2.45) is 0 Å². The molecule has 1 aromatic rings. The van der Waals surface area contributed by atoms with E-state index in [-0.39, 0.29) is 0 Å². The molecule has 3 nitrogen and oxygen atoms in total. The van der Waals surface area contributed by atoms with Gasteiger partial charge in [0.15, 0.2) is 0 Å². The van der Waals surface area contributed by atoms with E-state index in [0.717, 1.165) is 37.3 Å². The molecule has 0 saturated carbocycles. The number of aromatic nitrogens is 1. The van der Waals surface area contributed by atoms with Crippen molar-refractivity contribution < 1.29 is 4.74 Å². The van der Waals surface area contributed by atoms with E-state index in [0.29, 0.717) is 23.1 Å². The summed E-state index contributed by atoms with van der Waals surface area (Å²) >= 11 is 11.9. The van der Waals surface area contributed by atoms with E-state index in [4.69, 9.17) is 27.9 Å². The Bertz CT molecular complexity index is 415. The van der Waals surface area contributed by atoms with Crippen molar-refractivity contribution in [3.8, 4) is 0 Å². The molecular formula is C12H14Cl2N2O. The third kappa shape index (κ3) is 2.24. The summed E-state index contributed by atoms with van der Waals surface area (Å²) in [5.74, 6) is 1.39. The lowest BCUT2D eigenvalue weighted by atomic mass is 10.2. The van der Waals surface area contributed by atoms with E-state index >= 15 is 0 Å². The first kappa shape index (κ1) is 11.6. The first-order valence-corrected chi connectivity index (χ1v) is 6.78. The van der Waals surface area contributed by atoms with Gasteiger partial charge in [-0.25, -0.2) is 4.98 Å². The fourth-order valence-corrected chi connectivity index (χ4v) is 3.00. The smallest absolute Gasteiger partial charge is 0.129 e. The van der Waals surface area contributed by atoms with Crippen LogP contribution in [0.1, 0.15) is 18.4 Å². The number of halogens is 2. The summed E-state index contributed by atoms with van der Waals surface area (Å²) in [5, 5.41) is 0.639. The molecule has 3 heterocycles. The molecule has 0 aromatic carbocycles. The third-order valence-electron chi connectivity index (χ3n) is 3.43. The molecule has 0 N–H and O–H groups in total. The number of pyridine rings is 1. The average Bonchev–Trinajstić information content (AvgIpc) is 2.69. The van der Waals surface area contributed by atoms with Gasteiger partial charge in [-0.1, -0.05) is 11.6 Å². The van der Waals surface area contributed by atoms with Crippen molar-refractivity contribution in [2.45, 2.75) is 30.9 Å². The van der Waals surface area contributed by atoms with Crippen LogP contribution in [0.5, 0.6) is 0 Å². The van der Waals surface area contributed by atoms with Gasteiger partial charge in [0.05, 0.1) is 17.2 Å². The van der Waals surface area contributed by atoms with Crippen molar-refractivity contribution in [1.29, 1.82) is 0 Å². The van der Waals surface area contributed by atoms with Crippen LogP contribution in [0, 0.1) is 0 Å². The van der Waals surface area contributed by atoms with Crippen LogP contribution in [0.25, 0.3) is 0 Å². The molecule has 2 fully saturated rings.